The molecule has 0 saturated carbocycles. The molecule has 85 heavy (non-hydrogen) atoms. The quantitative estimate of drug-likeness (QED) is 0.0153. The van der Waals surface area contributed by atoms with E-state index in [0.717, 1.165) is 87.5 Å². The summed E-state index contributed by atoms with van der Waals surface area (Å²) in [6, 6.07) is 37.4. The summed E-state index contributed by atoms with van der Waals surface area (Å²) in [6.45, 7) is 13.8. The highest BCUT2D eigenvalue weighted by Crippen LogP contribution is 2.28. The Bertz CT molecular complexity index is 2890. The van der Waals surface area contributed by atoms with E-state index in [0.29, 0.717) is 134 Å². The molecule has 0 saturated heterocycles. The zero-order chi connectivity index (χ0) is 60.4. The molecule has 0 bridgehead atoms. The van der Waals surface area contributed by atoms with E-state index in [9.17, 15) is 28.8 Å². The molecule has 0 amide bonds. The highest BCUT2D eigenvalue weighted by atomic mass is 16.6. The van der Waals surface area contributed by atoms with Crippen LogP contribution in [0.4, 0.5) is 0 Å². The van der Waals surface area contributed by atoms with E-state index < -0.39 is 35.8 Å². The molecular weight excluding hydrogens is 1090 g/mol. The number of rotatable bonds is 38. The second-order valence-corrected chi connectivity index (χ2v) is 19.5. The van der Waals surface area contributed by atoms with Gasteiger partial charge in [0.2, 0.25) is 0 Å². The standard InChI is InChI=1S/C68H74O17/c1-5-63(69)80-37-13-9-7-11-15-51-17-21-53(22-18-51)65(71)82-59-33-35-61(49(3)47-59)84-67(73)55-25-29-57(30-26-55)78-45-43-76-41-39-75-40-42-77-44-46-79-58-31-27-56(28-32-58)68(74)85-62-36-34-60(48-50(62)4)83-66(72)54-23-19-52(20-24-54)16-12-8-10-14-38-81-64(70)6-2/h5-6,17-36,47-48H,1-2,7-16,37-46H2,3-4H3. The van der Waals surface area contributed by atoms with Gasteiger partial charge < -0.3 is 52.1 Å². The Morgan fingerprint density at radius 1 is 0.341 bits per heavy atom. The topological polar surface area (TPSA) is 204 Å². The number of hydrogen-bond donors (Lipinski definition) is 0. The van der Waals surface area contributed by atoms with Gasteiger partial charge in [-0.25, -0.2) is 28.8 Å². The second-order valence-electron chi connectivity index (χ2n) is 19.5. The van der Waals surface area contributed by atoms with Crippen LogP contribution in [0.25, 0.3) is 0 Å². The summed E-state index contributed by atoms with van der Waals surface area (Å²) < 4.78 is 60.8. The van der Waals surface area contributed by atoms with Gasteiger partial charge in [-0.05, 0) is 184 Å². The Labute approximate surface area is 496 Å². The Morgan fingerprint density at radius 2 is 0.647 bits per heavy atom. The minimum absolute atomic E-state index is 0.292. The van der Waals surface area contributed by atoms with Gasteiger partial charge in [-0.3, -0.25) is 0 Å². The predicted octanol–water partition coefficient (Wildman–Crippen LogP) is 12.4. The highest BCUT2D eigenvalue weighted by Gasteiger charge is 2.17. The Hall–Kier alpha value is -8.90. The molecule has 0 aliphatic heterocycles. The van der Waals surface area contributed by atoms with Crippen LogP contribution in [0.1, 0.15) is 115 Å². The van der Waals surface area contributed by atoms with Gasteiger partial charge in [0.15, 0.2) is 0 Å². The lowest BCUT2D eigenvalue weighted by Crippen LogP contribution is -2.14. The summed E-state index contributed by atoms with van der Waals surface area (Å²) in [5, 5.41) is 0. The average Bonchev–Trinajstić information content (AvgIpc) is 3.65. The molecule has 6 aromatic carbocycles. The summed E-state index contributed by atoms with van der Waals surface area (Å²) in [6.07, 6.45) is 11.5. The normalized spacial score (nSPS) is 10.8. The van der Waals surface area contributed by atoms with E-state index >= 15 is 0 Å². The number of hydrogen-bond acceptors (Lipinski definition) is 17. The van der Waals surface area contributed by atoms with Gasteiger partial charge in [0.1, 0.15) is 47.7 Å². The van der Waals surface area contributed by atoms with Crippen molar-refractivity contribution in [3.8, 4) is 34.5 Å². The van der Waals surface area contributed by atoms with Crippen molar-refractivity contribution < 1.29 is 80.9 Å². The van der Waals surface area contributed by atoms with Crippen LogP contribution in [0.15, 0.2) is 159 Å². The Balaban J connectivity index is 0.753. The molecule has 0 atom stereocenters. The fourth-order valence-electron chi connectivity index (χ4n) is 8.25. The molecule has 448 valence electrons. The monoisotopic (exact) mass is 1160 g/mol. The molecule has 0 aliphatic carbocycles. The third kappa shape index (κ3) is 24.1. The number of ether oxygens (including phenoxy) is 11. The van der Waals surface area contributed by atoms with Crippen LogP contribution in [-0.4, -0.2) is 102 Å². The lowest BCUT2D eigenvalue weighted by Gasteiger charge is -2.11. The van der Waals surface area contributed by atoms with E-state index in [-0.39, 0.29) is 0 Å². The van der Waals surface area contributed by atoms with Gasteiger partial charge in [-0.15, -0.1) is 0 Å². The van der Waals surface area contributed by atoms with Crippen LogP contribution < -0.4 is 28.4 Å². The lowest BCUT2D eigenvalue weighted by molar-refractivity contribution is -0.138. The van der Waals surface area contributed by atoms with E-state index in [1.54, 1.807) is 123 Å². The summed E-state index contributed by atoms with van der Waals surface area (Å²) in [5.41, 5.74) is 4.95. The molecule has 0 aliphatic rings. The van der Waals surface area contributed by atoms with Crippen LogP contribution in [0.5, 0.6) is 34.5 Å². The second kappa shape index (κ2) is 36.6. The molecule has 0 aromatic heterocycles. The van der Waals surface area contributed by atoms with E-state index in [1.165, 1.54) is 0 Å². The molecule has 6 rings (SSSR count). The van der Waals surface area contributed by atoms with Crippen LogP contribution in [0.2, 0.25) is 0 Å². The van der Waals surface area contributed by atoms with Crippen LogP contribution >= 0.6 is 0 Å². The first kappa shape index (κ1) is 65.3. The highest BCUT2D eigenvalue weighted by molar-refractivity contribution is 5.93. The summed E-state index contributed by atoms with van der Waals surface area (Å²) >= 11 is 0. The summed E-state index contributed by atoms with van der Waals surface area (Å²) in [4.78, 5) is 73.9. The van der Waals surface area contributed by atoms with E-state index in [1.807, 2.05) is 24.3 Å². The maximum atomic E-state index is 13.0. The largest absolute Gasteiger partial charge is 0.491 e. The first-order valence-electron chi connectivity index (χ1n) is 28.4. The van der Waals surface area contributed by atoms with Crippen molar-refractivity contribution in [3.05, 3.63) is 203 Å². The van der Waals surface area contributed by atoms with E-state index in [4.69, 9.17) is 52.1 Å². The van der Waals surface area contributed by atoms with Crippen molar-refractivity contribution in [2.75, 3.05) is 66.1 Å². The molecule has 0 radical (unpaired) electrons. The van der Waals surface area contributed by atoms with Gasteiger partial charge in [0.05, 0.1) is 75.1 Å². The molecule has 0 fully saturated rings. The van der Waals surface area contributed by atoms with Gasteiger partial charge in [-0.1, -0.05) is 63.1 Å². The zero-order valence-corrected chi connectivity index (χ0v) is 48.4. The molecule has 17 heteroatoms. The predicted molar refractivity (Wildman–Crippen MR) is 318 cm³/mol. The first-order chi connectivity index (χ1) is 41.4. The number of benzene rings is 6. The fourth-order valence-corrected chi connectivity index (χ4v) is 8.25. The maximum absolute atomic E-state index is 13.0. The van der Waals surface area contributed by atoms with Crippen molar-refractivity contribution in [3.63, 3.8) is 0 Å². The van der Waals surface area contributed by atoms with Crippen molar-refractivity contribution in [1.29, 1.82) is 0 Å². The SMILES string of the molecule is C=CC(=O)OCCCCCCc1ccc(C(=O)Oc2ccc(OC(=O)c3ccc(OCCOCCOCCOCCOc4ccc(C(=O)Oc5ccc(OC(=O)c6ccc(CCCCCCOC(=O)C=C)cc6)cc5C)cc4)cc3)c(C)c2)cc1. The van der Waals surface area contributed by atoms with Crippen molar-refractivity contribution in [1.82, 2.24) is 0 Å². The van der Waals surface area contributed by atoms with Gasteiger partial charge in [-0.2, -0.15) is 0 Å². The zero-order valence-electron chi connectivity index (χ0n) is 48.4. The third-order valence-electron chi connectivity index (χ3n) is 13.0. The number of carbonyl (C=O) groups excluding carboxylic acids is 6. The maximum Gasteiger partial charge on any atom is 0.343 e. The average molecular weight is 1160 g/mol. The molecular formula is C68H74O17. The minimum atomic E-state index is -0.552. The van der Waals surface area contributed by atoms with Gasteiger partial charge >= 0.3 is 35.8 Å². The smallest absolute Gasteiger partial charge is 0.343 e. The van der Waals surface area contributed by atoms with Gasteiger partial charge in [0.25, 0.3) is 0 Å². The van der Waals surface area contributed by atoms with Crippen LogP contribution in [0, 0.1) is 13.8 Å². The molecule has 0 heterocycles. The summed E-state index contributed by atoms with van der Waals surface area (Å²) in [7, 11) is 0. The number of unbranched alkanes of at least 4 members (excludes halogenated alkanes) is 6. The van der Waals surface area contributed by atoms with Crippen molar-refractivity contribution in [2.24, 2.45) is 0 Å². The molecule has 0 unspecified atom stereocenters. The van der Waals surface area contributed by atoms with Crippen molar-refractivity contribution >= 4 is 35.8 Å². The number of esters is 6. The minimum Gasteiger partial charge on any atom is -0.491 e. The first-order valence-corrected chi connectivity index (χ1v) is 28.4. The number of carbonyl (C=O) groups is 6. The van der Waals surface area contributed by atoms with E-state index in [2.05, 4.69) is 13.2 Å². The lowest BCUT2D eigenvalue weighted by atomic mass is 10.0. The third-order valence-corrected chi connectivity index (χ3v) is 13.0. The Morgan fingerprint density at radius 3 is 0.988 bits per heavy atom. The molecule has 17 nitrogen and oxygen atoms in total. The summed E-state index contributed by atoms with van der Waals surface area (Å²) in [5.74, 6) is -0.474. The molecule has 0 N–H and O–H groups in total. The van der Waals surface area contributed by atoms with Gasteiger partial charge in [0, 0.05) is 12.2 Å². The number of aryl methyl sites for hydroxylation is 4. The molecule has 6 aromatic rings. The van der Waals surface area contributed by atoms with Crippen molar-refractivity contribution in [2.45, 2.75) is 78.1 Å². The molecule has 0 spiro atoms. The fraction of sp³-hybridized carbons (Fsp3) is 0.324. The van der Waals surface area contributed by atoms with Crippen LogP contribution in [-0.2, 0) is 46.1 Å². The Kier molecular flexibility index (Phi) is 28.1. The van der Waals surface area contributed by atoms with Crippen LogP contribution in [0.3, 0.4) is 0 Å².